The van der Waals surface area contributed by atoms with Crippen molar-refractivity contribution in [3.8, 4) is 17.1 Å². The summed E-state index contributed by atoms with van der Waals surface area (Å²) in [5.41, 5.74) is 3.93. The van der Waals surface area contributed by atoms with Gasteiger partial charge in [0.15, 0.2) is 14.1 Å². The molecule has 1 aromatic heterocycles. The quantitative estimate of drug-likeness (QED) is 0.305. The van der Waals surface area contributed by atoms with Crippen molar-refractivity contribution in [3.63, 3.8) is 0 Å². The lowest BCUT2D eigenvalue weighted by Gasteiger charge is -2.36. The molecule has 0 aliphatic rings. The number of halogens is 1. The molecule has 160 valence electrons. The van der Waals surface area contributed by atoms with Crippen LogP contribution in [0.2, 0.25) is 23.2 Å². The van der Waals surface area contributed by atoms with E-state index in [0.717, 1.165) is 33.3 Å². The molecule has 0 saturated heterocycles. The molecule has 4 nitrogen and oxygen atoms in total. The molecule has 3 rings (SSSR count). The lowest BCUT2D eigenvalue weighted by Crippen LogP contribution is -2.41. The van der Waals surface area contributed by atoms with Crippen LogP contribution in [0.25, 0.3) is 22.3 Å². The molecule has 0 amide bonds. The van der Waals surface area contributed by atoms with Gasteiger partial charge in [-0.25, -0.2) is 9.97 Å². The monoisotopic (exact) mass is 442 g/mol. The maximum atomic E-state index is 6.24. The van der Waals surface area contributed by atoms with Crippen LogP contribution in [0.15, 0.2) is 36.5 Å². The lowest BCUT2D eigenvalue weighted by atomic mass is 10.0. The molecule has 30 heavy (non-hydrogen) atoms. The minimum absolute atomic E-state index is 0.199. The fraction of sp³-hybridized carbons (Fsp3) is 0.417. The van der Waals surface area contributed by atoms with Gasteiger partial charge in [0.25, 0.3) is 0 Å². The fourth-order valence-corrected chi connectivity index (χ4v) is 4.37. The summed E-state index contributed by atoms with van der Waals surface area (Å²) in [5, 5.41) is 1.72. The van der Waals surface area contributed by atoms with Crippen molar-refractivity contribution in [2.75, 3.05) is 13.2 Å². The number of aromatic nitrogens is 2. The van der Waals surface area contributed by atoms with Crippen molar-refractivity contribution in [2.24, 2.45) is 0 Å². The highest BCUT2D eigenvalue weighted by molar-refractivity contribution is 6.74. The van der Waals surface area contributed by atoms with E-state index in [1.165, 1.54) is 0 Å². The molecule has 0 radical (unpaired) electrons. The van der Waals surface area contributed by atoms with Crippen molar-refractivity contribution in [1.29, 1.82) is 0 Å². The Morgan fingerprint density at radius 3 is 2.33 bits per heavy atom. The van der Waals surface area contributed by atoms with E-state index in [1.807, 2.05) is 18.2 Å². The molecule has 3 aromatic rings. The van der Waals surface area contributed by atoms with E-state index < -0.39 is 8.32 Å². The summed E-state index contributed by atoms with van der Waals surface area (Å²) in [6.07, 6.45) is 1.78. The van der Waals surface area contributed by atoms with Gasteiger partial charge in [0.1, 0.15) is 12.4 Å². The average molecular weight is 443 g/mol. The van der Waals surface area contributed by atoms with Gasteiger partial charge >= 0.3 is 0 Å². The second kappa shape index (κ2) is 8.65. The molecule has 1 heterocycles. The van der Waals surface area contributed by atoms with E-state index in [9.17, 15) is 0 Å². The summed E-state index contributed by atoms with van der Waals surface area (Å²) in [4.78, 5) is 9.22. The molecule has 6 heteroatoms. The Morgan fingerprint density at radius 2 is 1.70 bits per heavy atom. The molecule has 0 fully saturated rings. The first kappa shape index (κ1) is 22.7. The van der Waals surface area contributed by atoms with Crippen LogP contribution in [-0.4, -0.2) is 31.5 Å². The van der Waals surface area contributed by atoms with E-state index in [0.29, 0.717) is 24.1 Å². The summed E-state index contributed by atoms with van der Waals surface area (Å²) in [6, 6.07) is 9.85. The van der Waals surface area contributed by atoms with Gasteiger partial charge in [0, 0.05) is 17.1 Å². The predicted octanol–water partition coefficient (Wildman–Crippen LogP) is 6.97. The Kier molecular flexibility index (Phi) is 6.56. The number of fused-ring (bicyclic) bond motifs is 1. The van der Waals surface area contributed by atoms with Crippen LogP contribution < -0.4 is 4.74 Å². The van der Waals surface area contributed by atoms with Gasteiger partial charge < -0.3 is 9.16 Å². The fourth-order valence-electron chi connectivity index (χ4n) is 3.12. The average Bonchev–Trinajstić information content (AvgIpc) is 2.65. The highest BCUT2D eigenvalue weighted by atomic mass is 35.5. The highest BCUT2D eigenvalue weighted by Gasteiger charge is 2.36. The third kappa shape index (κ3) is 4.85. The standard InChI is InChI=1S/C24H31ClN2O2Si/c1-16-13-18(23-26-15-19-20(25)9-8-10-21(19)27-23)14-17(2)22(16)28-11-12-29-30(6,7)24(3,4)5/h8-10,13-15H,11-12H2,1-7H3. The number of ether oxygens (including phenoxy) is 1. The van der Waals surface area contributed by atoms with E-state index >= 15 is 0 Å². The van der Waals surface area contributed by atoms with E-state index in [4.69, 9.17) is 25.7 Å². The smallest absolute Gasteiger partial charge is 0.192 e. The third-order valence-corrected chi connectivity index (χ3v) is 10.8. The predicted molar refractivity (Wildman–Crippen MR) is 128 cm³/mol. The van der Waals surface area contributed by atoms with Gasteiger partial charge in [-0.05, 0) is 67.4 Å². The van der Waals surface area contributed by atoms with Gasteiger partial charge in [-0.1, -0.05) is 38.4 Å². The number of hydrogen-bond acceptors (Lipinski definition) is 4. The van der Waals surface area contributed by atoms with Crippen LogP contribution >= 0.6 is 11.6 Å². The summed E-state index contributed by atoms with van der Waals surface area (Å²) in [6.45, 7) is 16.5. The number of rotatable bonds is 6. The number of hydrogen-bond donors (Lipinski definition) is 0. The maximum absolute atomic E-state index is 6.24. The summed E-state index contributed by atoms with van der Waals surface area (Å²) >= 11 is 6.24. The van der Waals surface area contributed by atoms with Gasteiger partial charge in [-0.15, -0.1) is 0 Å². The second-order valence-corrected chi connectivity index (χ2v) is 14.5. The summed E-state index contributed by atoms with van der Waals surface area (Å²) in [5.74, 6) is 1.59. The lowest BCUT2D eigenvalue weighted by molar-refractivity contribution is 0.202. The van der Waals surface area contributed by atoms with E-state index in [2.05, 4.69) is 64.8 Å². The van der Waals surface area contributed by atoms with Gasteiger partial charge in [0.05, 0.1) is 17.1 Å². The normalized spacial score (nSPS) is 12.4. The van der Waals surface area contributed by atoms with E-state index in [1.54, 1.807) is 6.20 Å². The highest BCUT2D eigenvalue weighted by Crippen LogP contribution is 2.36. The molecule has 0 atom stereocenters. The summed E-state index contributed by atoms with van der Waals surface area (Å²) < 4.78 is 12.3. The molecule has 2 aromatic carbocycles. The van der Waals surface area contributed by atoms with E-state index in [-0.39, 0.29) is 5.04 Å². The first-order valence-electron chi connectivity index (χ1n) is 10.3. The van der Waals surface area contributed by atoms with Crippen LogP contribution in [0.3, 0.4) is 0 Å². The topological polar surface area (TPSA) is 44.2 Å². The largest absolute Gasteiger partial charge is 0.491 e. The molecule has 0 saturated carbocycles. The third-order valence-electron chi connectivity index (χ3n) is 5.89. The Balaban J connectivity index is 1.74. The zero-order valence-electron chi connectivity index (χ0n) is 19.0. The molecule has 0 N–H and O–H groups in total. The Bertz CT molecular complexity index is 1040. The van der Waals surface area contributed by atoms with Crippen LogP contribution in [-0.2, 0) is 4.43 Å². The number of aryl methyl sites for hydroxylation is 2. The number of benzene rings is 2. The van der Waals surface area contributed by atoms with Gasteiger partial charge in [-0.3, -0.25) is 0 Å². The molecule has 0 aliphatic heterocycles. The zero-order valence-corrected chi connectivity index (χ0v) is 20.7. The van der Waals surface area contributed by atoms with Crippen molar-refractivity contribution in [1.82, 2.24) is 9.97 Å². The van der Waals surface area contributed by atoms with Crippen molar-refractivity contribution in [2.45, 2.75) is 52.8 Å². The SMILES string of the molecule is Cc1cc(-c2ncc3c(Cl)cccc3n2)cc(C)c1OCCO[Si](C)(C)C(C)(C)C. The van der Waals surface area contributed by atoms with Gasteiger partial charge in [0.2, 0.25) is 0 Å². The van der Waals surface area contributed by atoms with Crippen LogP contribution in [0, 0.1) is 13.8 Å². The van der Waals surface area contributed by atoms with Crippen molar-refractivity contribution >= 4 is 30.8 Å². The molecule has 0 unspecified atom stereocenters. The Morgan fingerprint density at radius 1 is 1.03 bits per heavy atom. The van der Waals surface area contributed by atoms with Crippen molar-refractivity contribution < 1.29 is 9.16 Å². The maximum Gasteiger partial charge on any atom is 0.192 e. The van der Waals surface area contributed by atoms with Crippen LogP contribution in [0.1, 0.15) is 31.9 Å². The van der Waals surface area contributed by atoms with Crippen LogP contribution in [0.4, 0.5) is 0 Å². The first-order chi connectivity index (χ1) is 14.0. The second-order valence-electron chi connectivity index (χ2n) is 9.26. The van der Waals surface area contributed by atoms with Crippen molar-refractivity contribution in [3.05, 3.63) is 52.7 Å². The molecular formula is C24H31ClN2O2Si. The zero-order chi connectivity index (χ0) is 22.1. The molecule has 0 bridgehead atoms. The summed E-state index contributed by atoms with van der Waals surface area (Å²) in [7, 11) is -1.76. The molecule has 0 aliphatic carbocycles. The van der Waals surface area contributed by atoms with Gasteiger partial charge in [-0.2, -0.15) is 0 Å². The number of nitrogens with zero attached hydrogens (tertiary/aromatic N) is 2. The minimum atomic E-state index is -1.76. The Labute approximate surface area is 185 Å². The van der Waals surface area contributed by atoms with Crippen LogP contribution in [0.5, 0.6) is 5.75 Å². The Hall–Kier alpha value is -1.95. The molecule has 0 spiro atoms. The molecular weight excluding hydrogens is 412 g/mol. The first-order valence-corrected chi connectivity index (χ1v) is 13.6. The minimum Gasteiger partial charge on any atom is -0.491 e.